The van der Waals surface area contributed by atoms with Crippen molar-refractivity contribution in [1.82, 2.24) is 19.6 Å². The Morgan fingerprint density at radius 3 is 2.12 bits per heavy atom. The number of piperazine rings is 1. The van der Waals surface area contributed by atoms with Crippen LogP contribution in [0.15, 0.2) is 59.6 Å². The third-order valence-electron chi connectivity index (χ3n) is 6.57. The Kier molecular flexibility index (Phi) is 10.6. The first-order valence-electron chi connectivity index (χ1n) is 13.0. The van der Waals surface area contributed by atoms with Gasteiger partial charge in [-0.15, -0.1) is 0 Å². The number of nitrogens with one attached hydrogen (secondary N) is 1. The number of aromatic nitrogens is 2. The van der Waals surface area contributed by atoms with Gasteiger partial charge in [-0.3, -0.25) is 4.79 Å². The van der Waals surface area contributed by atoms with E-state index in [0.717, 1.165) is 36.2 Å². The van der Waals surface area contributed by atoms with E-state index < -0.39 is 27.7 Å². The summed E-state index contributed by atoms with van der Waals surface area (Å²) in [5, 5.41) is 11.7. The standard InChI is InChI=1S/C17H17F3N4O4S.C11H15NO/c1-11-14(15(25)26)10-21-16(22-11)23-6-8-24(9-7-23)29(27,28)13-4-2-12(3-5-13)17(18,19)20;1-9(2)11-5-3-10(4-6-11)7-12-8-13/h2-5,10H,6-9H2,1H3,(H,25,26);3-6,8-9H,7H2,1-2H3,(H,12,13). The number of nitrogens with zero attached hydrogens (tertiary/aromatic N) is 4. The molecule has 226 valence electrons. The maximum absolute atomic E-state index is 12.7. The molecule has 0 atom stereocenters. The molecule has 2 aromatic carbocycles. The van der Waals surface area contributed by atoms with Crippen LogP contribution in [0, 0.1) is 6.92 Å². The first-order valence-corrected chi connectivity index (χ1v) is 14.4. The first kappa shape index (κ1) is 32.5. The molecule has 0 aliphatic carbocycles. The number of carbonyl (C=O) groups is 2. The van der Waals surface area contributed by atoms with Crippen LogP contribution in [0.2, 0.25) is 0 Å². The number of carboxylic acid groups (broad SMARTS) is 1. The van der Waals surface area contributed by atoms with E-state index >= 15 is 0 Å². The van der Waals surface area contributed by atoms with Gasteiger partial charge in [0, 0.05) is 38.9 Å². The Bertz CT molecular complexity index is 1470. The minimum Gasteiger partial charge on any atom is -0.478 e. The predicted molar refractivity (Wildman–Crippen MR) is 150 cm³/mol. The van der Waals surface area contributed by atoms with Crippen LogP contribution >= 0.6 is 0 Å². The van der Waals surface area contributed by atoms with Crippen molar-refractivity contribution in [3.8, 4) is 0 Å². The Morgan fingerprint density at radius 2 is 1.64 bits per heavy atom. The SMILES string of the molecule is CC(C)c1ccc(CNC=O)cc1.Cc1nc(N2CCN(S(=O)(=O)c3ccc(C(F)(F)F)cc3)CC2)ncc1C(=O)O. The second-order valence-electron chi connectivity index (χ2n) is 9.78. The predicted octanol–water partition coefficient (Wildman–Crippen LogP) is 4.07. The number of benzene rings is 2. The molecule has 0 spiro atoms. The molecule has 0 saturated carbocycles. The van der Waals surface area contributed by atoms with Gasteiger partial charge >= 0.3 is 12.1 Å². The quantitative estimate of drug-likeness (QED) is 0.367. The third-order valence-corrected chi connectivity index (χ3v) is 8.49. The van der Waals surface area contributed by atoms with Gasteiger partial charge in [-0.2, -0.15) is 17.5 Å². The average molecular weight is 608 g/mol. The number of hydrogen-bond donors (Lipinski definition) is 2. The second-order valence-corrected chi connectivity index (χ2v) is 11.7. The molecule has 2 N–H and O–H groups in total. The Labute approximate surface area is 242 Å². The average Bonchev–Trinajstić information content (AvgIpc) is 2.96. The highest BCUT2D eigenvalue weighted by atomic mass is 32.2. The largest absolute Gasteiger partial charge is 0.478 e. The van der Waals surface area contributed by atoms with Gasteiger partial charge in [0.15, 0.2) is 0 Å². The fourth-order valence-corrected chi connectivity index (χ4v) is 5.51. The minimum absolute atomic E-state index is 0.0164. The van der Waals surface area contributed by atoms with Crippen LogP contribution in [-0.4, -0.2) is 66.4 Å². The molecule has 2 heterocycles. The fraction of sp³-hybridized carbons (Fsp3) is 0.357. The van der Waals surface area contributed by atoms with Crippen molar-refractivity contribution in [3.05, 3.63) is 82.7 Å². The summed E-state index contributed by atoms with van der Waals surface area (Å²) in [6.07, 6.45) is -2.62. The van der Waals surface area contributed by atoms with Gasteiger partial charge in [-0.25, -0.2) is 23.2 Å². The Hall–Kier alpha value is -4.04. The zero-order chi connectivity index (χ0) is 31.1. The zero-order valence-corrected chi connectivity index (χ0v) is 24.1. The molecule has 1 aliphatic rings. The molecule has 1 aliphatic heterocycles. The number of hydrogen-bond acceptors (Lipinski definition) is 7. The summed E-state index contributed by atoms with van der Waals surface area (Å²) >= 11 is 0. The van der Waals surface area contributed by atoms with Crippen LogP contribution in [0.25, 0.3) is 0 Å². The summed E-state index contributed by atoms with van der Waals surface area (Å²) in [5.41, 5.74) is 1.82. The number of carboxylic acids is 1. The highest BCUT2D eigenvalue weighted by molar-refractivity contribution is 7.89. The maximum Gasteiger partial charge on any atom is 0.416 e. The van der Waals surface area contributed by atoms with E-state index in [0.29, 0.717) is 24.1 Å². The Morgan fingerprint density at radius 1 is 1.05 bits per heavy atom. The van der Waals surface area contributed by atoms with Gasteiger partial charge in [0.25, 0.3) is 0 Å². The van der Waals surface area contributed by atoms with Crippen LogP contribution in [0.5, 0.6) is 0 Å². The van der Waals surface area contributed by atoms with Crippen molar-refractivity contribution in [2.75, 3.05) is 31.1 Å². The summed E-state index contributed by atoms with van der Waals surface area (Å²) in [7, 11) is -3.94. The van der Waals surface area contributed by atoms with Gasteiger partial charge in [0.2, 0.25) is 22.4 Å². The van der Waals surface area contributed by atoms with Crippen molar-refractivity contribution >= 4 is 28.4 Å². The summed E-state index contributed by atoms with van der Waals surface area (Å²) in [5.74, 6) is -0.284. The molecule has 42 heavy (non-hydrogen) atoms. The van der Waals surface area contributed by atoms with Crippen LogP contribution < -0.4 is 10.2 Å². The van der Waals surface area contributed by atoms with Gasteiger partial charge in [-0.05, 0) is 48.2 Å². The number of halogens is 3. The molecule has 1 aromatic heterocycles. The molecule has 14 heteroatoms. The molecule has 1 amide bonds. The summed E-state index contributed by atoms with van der Waals surface area (Å²) in [6, 6.07) is 11.7. The number of amides is 1. The van der Waals surface area contributed by atoms with E-state index in [2.05, 4.69) is 41.3 Å². The van der Waals surface area contributed by atoms with Crippen molar-refractivity contribution in [1.29, 1.82) is 0 Å². The highest BCUT2D eigenvalue weighted by Gasteiger charge is 2.33. The second kappa shape index (κ2) is 13.7. The van der Waals surface area contributed by atoms with Crippen molar-refractivity contribution in [2.24, 2.45) is 0 Å². The number of aryl methyl sites for hydroxylation is 1. The molecular weight excluding hydrogens is 575 g/mol. The lowest BCUT2D eigenvalue weighted by atomic mass is 10.0. The number of sulfonamides is 1. The molecule has 0 radical (unpaired) electrons. The van der Waals surface area contributed by atoms with Crippen LogP contribution in [0.1, 0.15) is 52.5 Å². The van der Waals surface area contributed by atoms with E-state index in [1.807, 2.05) is 12.1 Å². The molecule has 0 unspecified atom stereocenters. The van der Waals surface area contributed by atoms with Crippen molar-refractivity contribution in [2.45, 2.75) is 44.3 Å². The third kappa shape index (κ3) is 8.26. The molecule has 0 bridgehead atoms. The first-order chi connectivity index (χ1) is 19.7. The topological polar surface area (TPSA) is 133 Å². The van der Waals surface area contributed by atoms with Gasteiger partial charge in [0.05, 0.1) is 21.7 Å². The number of aromatic carboxylic acids is 1. The van der Waals surface area contributed by atoms with Gasteiger partial charge in [0.1, 0.15) is 0 Å². The summed E-state index contributed by atoms with van der Waals surface area (Å²) < 4.78 is 64.6. The molecule has 1 fully saturated rings. The molecule has 4 rings (SSSR count). The summed E-state index contributed by atoms with van der Waals surface area (Å²) in [6.45, 7) is 7.18. The lowest BCUT2D eigenvalue weighted by molar-refractivity contribution is -0.137. The van der Waals surface area contributed by atoms with E-state index in [-0.39, 0.29) is 36.6 Å². The van der Waals surface area contributed by atoms with Crippen LogP contribution in [0.3, 0.4) is 0 Å². The van der Waals surface area contributed by atoms with Crippen LogP contribution in [-0.2, 0) is 27.5 Å². The lowest BCUT2D eigenvalue weighted by Crippen LogP contribution is -2.49. The Balaban J connectivity index is 0.000000312. The molecule has 10 nitrogen and oxygen atoms in total. The number of carbonyl (C=O) groups excluding carboxylic acids is 1. The summed E-state index contributed by atoms with van der Waals surface area (Å²) in [4.78, 5) is 30.8. The molecular formula is C28H32F3N5O5S. The zero-order valence-electron chi connectivity index (χ0n) is 23.3. The normalized spacial score (nSPS) is 14.2. The van der Waals surface area contributed by atoms with E-state index in [1.54, 1.807) is 11.8 Å². The highest BCUT2D eigenvalue weighted by Crippen LogP contribution is 2.30. The van der Waals surface area contributed by atoms with Crippen molar-refractivity contribution in [3.63, 3.8) is 0 Å². The number of alkyl halides is 3. The van der Waals surface area contributed by atoms with Gasteiger partial charge in [-0.1, -0.05) is 38.1 Å². The smallest absolute Gasteiger partial charge is 0.416 e. The monoisotopic (exact) mass is 607 g/mol. The van der Waals surface area contributed by atoms with Crippen molar-refractivity contribution < 1.29 is 36.3 Å². The van der Waals surface area contributed by atoms with Crippen LogP contribution in [0.4, 0.5) is 19.1 Å². The van der Waals surface area contributed by atoms with E-state index in [9.17, 15) is 31.2 Å². The van der Waals surface area contributed by atoms with E-state index in [1.165, 1.54) is 16.1 Å². The molecule has 1 saturated heterocycles. The lowest BCUT2D eigenvalue weighted by Gasteiger charge is -2.34. The fourth-order valence-electron chi connectivity index (χ4n) is 4.09. The van der Waals surface area contributed by atoms with E-state index in [4.69, 9.17) is 5.11 Å². The number of rotatable bonds is 8. The van der Waals surface area contributed by atoms with Gasteiger partial charge < -0.3 is 15.3 Å². The molecule has 3 aromatic rings. The number of anilines is 1. The maximum atomic E-state index is 12.7. The minimum atomic E-state index is -4.54.